The molecule has 0 bridgehead atoms. The van der Waals surface area contributed by atoms with Crippen molar-refractivity contribution in [2.45, 2.75) is 37.8 Å². The van der Waals surface area contributed by atoms with Crippen molar-refractivity contribution in [1.29, 1.82) is 0 Å². The van der Waals surface area contributed by atoms with Gasteiger partial charge in [-0.25, -0.2) is 13.1 Å². The van der Waals surface area contributed by atoms with Crippen LogP contribution in [0.15, 0.2) is 23.1 Å². The van der Waals surface area contributed by atoms with E-state index in [9.17, 15) is 8.42 Å². The highest BCUT2D eigenvalue weighted by Gasteiger charge is 2.26. The molecule has 0 radical (unpaired) electrons. The van der Waals surface area contributed by atoms with Crippen molar-refractivity contribution in [3.63, 3.8) is 0 Å². The molecule has 0 aliphatic heterocycles. The smallest absolute Gasteiger partial charge is 0.241 e. The number of methoxy groups -OCH3 is 1. The van der Waals surface area contributed by atoms with Crippen LogP contribution >= 0.6 is 0 Å². The summed E-state index contributed by atoms with van der Waals surface area (Å²) in [7, 11) is -2.04. The van der Waals surface area contributed by atoms with Gasteiger partial charge in [-0.3, -0.25) is 0 Å². The van der Waals surface area contributed by atoms with Crippen LogP contribution in [0.2, 0.25) is 0 Å². The Hall–Kier alpha value is -0.950. The van der Waals surface area contributed by atoms with E-state index in [2.05, 4.69) is 4.72 Å². The molecule has 1 aromatic rings. The van der Waals surface area contributed by atoms with E-state index in [4.69, 9.17) is 10.5 Å². The highest BCUT2D eigenvalue weighted by Crippen LogP contribution is 2.17. The predicted octanol–water partition coefficient (Wildman–Crippen LogP) is 1.16. The van der Waals surface area contributed by atoms with Crippen molar-refractivity contribution in [2.24, 2.45) is 5.73 Å². The highest BCUT2D eigenvalue weighted by atomic mass is 32.2. The molecule has 0 spiro atoms. The molecule has 1 rings (SSSR count). The summed E-state index contributed by atoms with van der Waals surface area (Å²) in [6, 6.07) is 4.96. The van der Waals surface area contributed by atoms with E-state index in [1.54, 1.807) is 32.0 Å². The maximum atomic E-state index is 12.3. The van der Waals surface area contributed by atoms with Gasteiger partial charge in [0.15, 0.2) is 0 Å². The topological polar surface area (TPSA) is 81.4 Å². The number of benzene rings is 1. The first-order valence-electron chi connectivity index (χ1n) is 6.04. The standard InChI is InChI=1S/C13H22N2O3S/c1-10-5-6-12(7-11(10)8-14)19(16,17)15-13(2,3)9-18-4/h5-7,15H,8-9,14H2,1-4H3. The van der Waals surface area contributed by atoms with Gasteiger partial charge in [0.05, 0.1) is 17.0 Å². The Kier molecular flexibility index (Phi) is 5.09. The van der Waals surface area contributed by atoms with Gasteiger partial charge in [0.1, 0.15) is 0 Å². The van der Waals surface area contributed by atoms with Gasteiger partial charge in [0.25, 0.3) is 0 Å². The highest BCUT2D eigenvalue weighted by molar-refractivity contribution is 7.89. The average Bonchev–Trinajstić information content (AvgIpc) is 2.27. The van der Waals surface area contributed by atoms with Gasteiger partial charge < -0.3 is 10.5 Å². The number of nitrogens with one attached hydrogen (secondary N) is 1. The Morgan fingerprint density at radius 3 is 2.53 bits per heavy atom. The van der Waals surface area contributed by atoms with E-state index in [0.29, 0.717) is 13.2 Å². The van der Waals surface area contributed by atoms with Crippen molar-refractivity contribution >= 4 is 10.0 Å². The molecule has 0 fully saturated rings. The fraction of sp³-hybridized carbons (Fsp3) is 0.538. The minimum Gasteiger partial charge on any atom is -0.383 e. The van der Waals surface area contributed by atoms with Crippen molar-refractivity contribution in [3.05, 3.63) is 29.3 Å². The van der Waals surface area contributed by atoms with Crippen molar-refractivity contribution in [2.75, 3.05) is 13.7 Å². The second kappa shape index (κ2) is 6.00. The fourth-order valence-electron chi connectivity index (χ4n) is 1.85. The summed E-state index contributed by atoms with van der Waals surface area (Å²) in [5.74, 6) is 0. The molecule has 0 aromatic heterocycles. The molecule has 108 valence electrons. The number of ether oxygens (including phenoxy) is 1. The van der Waals surface area contributed by atoms with Crippen LogP contribution in [0.1, 0.15) is 25.0 Å². The van der Waals surface area contributed by atoms with Gasteiger partial charge in [0, 0.05) is 13.7 Å². The zero-order chi connectivity index (χ0) is 14.7. The number of hydrogen-bond acceptors (Lipinski definition) is 4. The zero-order valence-electron chi connectivity index (χ0n) is 11.9. The molecule has 1 aromatic carbocycles. The lowest BCUT2D eigenvalue weighted by atomic mass is 10.1. The summed E-state index contributed by atoms with van der Waals surface area (Å²) in [5, 5.41) is 0. The molecule has 6 heteroatoms. The van der Waals surface area contributed by atoms with Crippen LogP contribution in [0, 0.1) is 6.92 Å². The lowest BCUT2D eigenvalue weighted by molar-refractivity contribution is 0.141. The lowest BCUT2D eigenvalue weighted by Gasteiger charge is -2.25. The number of rotatable bonds is 6. The molecular formula is C13H22N2O3S. The molecule has 0 unspecified atom stereocenters. The molecule has 0 atom stereocenters. The Balaban J connectivity index is 3.07. The first-order chi connectivity index (χ1) is 8.72. The molecule has 0 saturated heterocycles. The van der Waals surface area contributed by atoms with E-state index in [-0.39, 0.29) is 4.90 Å². The zero-order valence-corrected chi connectivity index (χ0v) is 12.7. The number of sulfonamides is 1. The number of nitrogens with two attached hydrogens (primary N) is 1. The third kappa shape index (κ3) is 4.28. The normalized spacial score (nSPS) is 12.7. The summed E-state index contributed by atoms with van der Waals surface area (Å²) in [6.45, 7) is 6.05. The van der Waals surface area contributed by atoms with Crippen molar-refractivity contribution in [3.8, 4) is 0 Å². The third-order valence-corrected chi connectivity index (χ3v) is 4.46. The van der Waals surface area contributed by atoms with E-state index in [1.807, 2.05) is 6.92 Å². The summed E-state index contributed by atoms with van der Waals surface area (Å²) in [4.78, 5) is 0.225. The number of hydrogen-bond donors (Lipinski definition) is 2. The Labute approximate surface area is 115 Å². The van der Waals surface area contributed by atoms with Gasteiger partial charge >= 0.3 is 0 Å². The van der Waals surface area contributed by atoms with Crippen LogP contribution in [0.4, 0.5) is 0 Å². The molecule has 5 nitrogen and oxygen atoms in total. The van der Waals surface area contributed by atoms with Crippen LogP contribution < -0.4 is 10.5 Å². The van der Waals surface area contributed by atoms with Crippen LogP contribution in [0.3, 0.4) is 0 Å². The SMILES string of the molecule is COCC(C)(C)NS(=O)(=O)c1ccc(C)c(CN)c1. The quantitative estimate of drug-likeness (QED) is 0.822. The molecule has 3 N–H and O–H groups in total. The molecule has 0 saturated carbocycles. The third-order valence-electron chi connectivity index (χ3n) is 2.77. The summed E-state index contributed by atoms with van der Waals surface area (Å²) >= 11 is 0. The van der Waals surface area contributed by atoms with Gasteiger partial charge in [-0.1, -0.05) is 6.07 Å². The number of aryl methyl sites for hydroxylation is 1. The largest absolute Gasteiger partial charge is 0.383 e. The molecule has 0 heterocycles. The van der Waals surface area contributed by atoms with Gasteiger partial charge in [0.2, 0.25) is 10.0 Å². The predicted molar refractivity (Wildman–Crippen MR) is 75.3 cm³/mol. The minimum atomic E-state index is -3.58. The minimum absolute atomic E-state index is 0.225. The van der Waals surface area contributed by atoms with Gasteiger partial charge in [-0.2, -0.15) is 0 Å². The van der Waals surface area contributed by atoms with Crippen molar-refractivity contribution in [1.82, 2.24) is 4.72 Å². The summed E-state index contributed by atoms with van der Waals surface area (Å²) in [6.07, 6.45) is 0. The molecule has 0 aliphatic rings. The maximum absolute atomic E-state index is 12.3. The second-order valence-corrected chi connectivity index (χ2v) is 6.90. The van der Waals surface area contributed by atoms with E-state index >= 15 is 0 Å². The Morgan fingerprint density at radius 2 is 2.00 bits per heavy atom. The van der Waals surface area contributed by atoms with Crippen molar-refractivity contribution < 1.29 is 13.2 Å². The molecule has 19 heavy (non-hydrogen) atoms. The fourth-order valence-corrected chi connectivity index (χ4v) is 3.30. The van der Waals surface area contributed by atoms with Gasteiger partial charge in [-0.15, -0.1) is 0 Å². The van der Waals surface area contributed by atoms with E-state index in [1.165, 1.54) is 7.11 Å². The van der Waals surface area contributed by atoms with E-state index in [0.717, 1.165) is 11.1 Å². The maximum Gasteiger partial charge on any atom is 0.241 e. The van der Waals surface area contributed by atoms with E-state index < -0.39 is 15.6 Å². The Bertz CT molecular complexity index is 539. The first-order valence-corrected chi connectivity index (χ1v) is 7.53. The molecule has 0 aliphatic carbocycles. The Morgan fingerprint density at radius 1 is 1.37 bits per heavy atom. The second-order valence-electron chi connectivity index (χ2n) is 5.21. The molecular weight excluding hydrogens is 264 g/mol. The van der Waals surface area contributed by atoms with Crippen LogP contribution in [0.5, 0.6) is 0 Å². The van der Waals surface area contributed by atoms with Crippen LogP contribution in [0.25, 0.3) is 0 Å². The van der Waals surface area contributed by atoms with Crippen LogP contribution in [-0.4, -0.2) is 27.7 Å². The first kappa shape index (κ1) is 16.1. The van der Waals surface area contributed by atoms with Gasteiger partial charge in [-0.05, 0) is 44.0 Å². The molecule has 0 amide bonds. The summed E-state index contributed by atoms with van der Waals surface area (Å²) < 4.78 is 32.2. The lowest BCUT2D eigenvalue weighted by Crippen LogP contribution is -2.46. The average molecular weight is 286 g/mol. The monoisotopic (exact) mass is 286 g/mol. The van der Waals surface area contributed by atoms with Crippen LogP contribution in [-0.2, 0) is 21.3 Å². The summed E-state index contributed by atoms with van der Waals surface area (Å²) in [5.41, 5.74) is 6.75.